The predicted molar refractivity (Wildman–Crippen MR) is 110 cm³/mol. The standard InChI is InChI=1S/C21H21N5O3/c1-4-25-19(27)15-8-5-6-11-17(15)26-18(23-24-21(25)26)12-22-16-10-7-9-14(13(16)2)20(28)29-3/h5-11,22H,4,12H2,1-3H3. The van der Waals surface area contributed by atoms with Gasteiger partial charge in [0.2, 0.25) is 5.78 Å². The molecule has 0 saturated carbocycles. The van der Waals surface area contributed by atoms with Crippen molar-refractivity contribution in [2.45, 2.75) is 26.9 Å². The van der Waals surface area contributed by atoms with Crippen LogP contribution in [0.4, 0.5) is 5.69 Å². The van der Waals surface area contributed by atoms with Crippen LogP contribution >= 0.6 is 0 Å². The van der Waals surface area contributed by atoms with Crippen LogP contribution in [0.5, 0.6) is 0 Å². The number of nitrogens with zero attached hydrogens (tertiary/aromatic N) is 4. The minimum Gasteiger partial charge on any atom is -0.465 e. The minimum absolute atomic E-state index is 0.0795. The Labute approximate surface area is 166 Å². The van der Waals surface area contributed by atoms with Crippen LogP contribution in [0.25, 0.3) is 16.7 Å². The molecule has 0 fully saturated rings. The van der Waals surface area contributed by atoms with Crippen LogP contribution in [0.2, 0.25) is 0 Å². The lowest BCUT2D eigenvalue weighted by atomic mass is 10.1. The van der Waals surface area contributed by atoms with E-state index in [2.05, 4.69) is 15.5 Å². The summed E-state index contributed by atoms with van der Waals surface area (Å²) in [6.07, 6.45) is 0. The van der Waals surface area contributed by atoms with E-state index in [1.165, 1.54) is 7.11 Å². The molecule has 0 spiro atoms. The molecule has 2 aromatic heterocycles. The van der Waals surface area contributed by atoms with E-state index in [0.29, 0.717) is 35.6 Å². The van der Waals surface area contributed by atoms with Crippen LogP contribution in [-0.4, -0.2) is 32.2 Å². The van der Waals surface area contributed by atoms with Crippen molar-refractivity contribution in [3.63, 3.8) is 0 Å². The van der Waals surface area contributed by atoms with Gasteiger partial charge in [0.25, 0.3) is 5.56 Å². The Bertz CT molecular complexity index is 1290. The SMILES string of the molecule is CCn1c(=O)c2ccccc2n2c(CNc3cccc(C(=O)OC)c3C)nnc12. The third-order valence-electron chi connectivity index (χ3n) is 5.07. The molecular weight excluding hydrogens is 370 g/mol. The number of carbonyl (C=O) groups excluding carboxylic acids is 1. The van der Waals surface area contributed by atoms with Crippen molar-refractivity contribution < 1.29 is 9.53 Å². The van der Waals surface area contributed by atoms with Crippen LogP contribution in [0.1, 0.15) is 28.7 Å². The second-order valence-electron chi connectivity index (χ2n) is 6.64. The number of hydrogen-bond donors (Lipinski definition) is 1. The molecule has 0 unspecified atom stereocenters. The second kappa shape index (κ2) is 7.38. The normalized spacial score (nSPS) is 11.1. The van der Waals surface area contributed by atoms with Crippen LogP contribution in [0.3, 0.4) is 0 Å². The smallest absolute Gasteiger partial charge is 0.338 e. The largest absolute Gasteiger partial charge is 0.465 e. The molecule has 2 aromatic carbocycles. The van der Waals surface area contributed by atoms with Gasteiger partial charge in [-0.15, -0.1) is 10.2 Å². The average Bonchev–Trinajstić information content (AvgIpc) is 3.17. The van der Waals surface area contributed by atoms with Gasteiger partial charge in [0.05, 0.1) is 30.1 Å². The first-order valence-electron chi connectivity index (χ1n) is 9.34. The number of fused-ring (bicyclic) bond motifs is 3. The molecule has 1 N–H and O–H groups in total. The van der Waals surface area contributed by atoms with Gasteiger partial charge in [0, 0.05) is 12.2 Å². The first-order valence-corrected chi connectivity index (χ1v) is 9.34. The monoisotopic (exact) mass is 391 g/mol. The number of aromatic nitrogens is 4. The summed E-state index contributed by atoms with van der Waals surface area (Å²) in [5.41, 5.74) is 2.79. The van der Waals surface area contributed by atoms with Crippen molar-refractivity contribution in [2.75, 3.05) is 12.4 Å². The predicted octanol–water partition coefficient (Wildman–Crippen LogP) is 2.77. The zero-order valence-electron chi connectivity index (χ0n) is 16.5. The molecule has 0 radical (unpaired) electrons. The van der Waals surface area contributed by atoms with E-state index in [1.54, 1.807) is 16.7 Å². The van der Waals surface area contributed by atoms with Crippen LogP contribution < -0.4 is 10.9 Å². The second-order valence-corrected chi connectivity index (χ2v) is 6.64. The van der Waals surface area contributed by atoms with E-state index < -0.39 is 0 Å². The molecule has 148 valence electrons. The van der Waals surface area contributed by atoms with Crippen molar-refractivity contribution in [1.82, 2.24) is 19.2 Å². The quantitative estimate of drug-likeness (QED) is 0.526. The van der Waals surface area contributed by atoms with Crippen LogP contribution in [0, 0.1) is 6.92 Å². The number of ether oxygens (including phenoxy) is 1. The van der Waals surface area contributed by atoms with Gasteiger partial charge in [-0.25, -0.2) is 4.79 Å². The van der Waals surface area contributed by atoms with E-state index in [4.69, 9.17) is 4.74 Å². The number of methoxy groups -OCH3 is 1. The highest BCUT2D eigenvalue weighted by Gasteiger charge is 2.16. The fourth-order valence-electron chi connectivity index (χ4n) is 3.55. The average molecular weight is 391 g/mol. The van der Waals surface area contributed by atoms with Gasteiger partial charge in [-0.1, -0.05) is 18.2 Å². The number of carbonyl (C=O) groups is 1. The molecule has 8 heteroatoms. The molecule has 0 saturated heterocycles. The number of benzene rings is 2. The summed E-state index contributed by atoms with van der Waals surface area (Å²) in [6.45, 7) is 4.64. The topological polar surface area (TPSA) is 90.5 Å². The highest BCUT2D eigenvalue weighted by atomic mass is 16.5. The summed E-state index contributed by atoms with van der Waals surface area (Å²) < 4.78 is 8.35. The highest BCUT2D eigenvalue weighted by molar-refractivity contribution is 5.92. The highest BCUT2D eigenvalue weighted by Crippen LogP contribution is 2.21. The molecule has 4 aromatic rings. The van der Waals surface area contributed by atoms with Gasteiger partial charge >= 0.3 is 5.97 Å². The molecule has 0 amide bonds. The Morgan fingerprint density at radius 2 is 1.93 bits per heavy atom. The maximum Gasteiger partial charge on any atom is 0.338 e. The van der Waals surface area contributed by atoms with E-state index in [1.807, 2.05) is 48.6 Å². The Kier molecular flexibility index (Phi) is 4.75. The molecule has 0 atom stereocenters. The van der Waals surface area contributed by atoms with Crippen molar-refractivity contribution in [1.29, 1.82) is 0 Å². The number of nitrogens with one attached hydrogen (secondary N) is 1. The van der Waals surface area contributed by atoms with Gasteiger partial charge in [-0.05, 0) is 43.7 Å². The van der Waals surface area contributed by atoms with Gasteiger partial charge in [-0.3, -0.25) is 13.8 Å². The van der Waals surface area contributed by atoms with Crippen molar-refractivity contribution in [2.24, 2.45) is 0 Å². The maximum absolute atomic E-state index is 12.8. The third kappa shape index (κ3) is 3.02. The third-order valence-corrected chi connectivity index (χ3v) is 5.07. The van der Waals surface area contributed by atoms with Gasteiger partial charge in [-0.2, -0.15) is 0 Å². The summed E-state index contributed by atoms with van der Waals surface area (Å²) in [5, 5.41) is 12.5. The Morgan fingerprint density at radius 1 is 1.14 bits per heavy atom. The first kappa shape index (κ1) is 18.7. The van der Waals surface area contributed by atoms with E-state index in [-0.39, 0.29) is 11.5 Å². The summed E-state index contributed by atoms with van der Waals surface area (Å²) in [7, 11) is 1.36. The minimum atomic E-state index is -0.378. The molecule has 0 aliphatic rings. The summed E-state index contributed by atoms with van der Waals surface area (Å²) in [6, 6.07) is 12.9. The summed E-state index contributed by atoms with van der Waals surface area (Å²) in [5.74, 6) is 0.798. The lowest BCUT2D eigenvalue weighted by molar-refractivity contribution is 0.0600. The van der Waals surface area contributed by atoms with Crippen molar-refractivity contribution >= 4 is 28.3 Å². The molecule has 8 nitrogen and oxygen atoms in total. The summed E-state index contributed by atoms with van der Waals surface area (Å²) >= 11 is 0. The maximum atomic E-state index is 12.8. The molecular formula is C21H21N5O3. The Morgan fingerprint density at radius 3 is 2.69 bits per heavy atom. The summed E-state index contributed by atoms with van der Waals surface area (Å²) in [4.78, 5) is 24.7. The zero-order valence-corrected chi connectivity index (χ0v) is 16.5. The van der Waals surface area contributed by atoms with Crippen molar-refractivity contribution in [3.05, 3.63) is 69.8 Å². The number of hydrogen-bond acceptors (Lipinski definition) is 6. The van der Waals surface area contributed by atoms with E-state index in [9.17, 15) is 9.59 Å². The number of esters is 1. The van der Waals surface area contributed by atoms with E-state index >= 15 is 0 Å². The van der Waals surface area contributed by atoms with E-state index in [0.717, 1.165) is 16.8 Å². The zero-order chi connectivity index (χ0) is 20.5. The molecule has 0 aliphatic heterocycles. The lowest BCUT2D eigenvalue weighted by Gasteiger charge is -2.13. The fraction of sp³-hybridized carbons (Fsp3) is 0.238. The van der Waals surface area contributed by atoms with Crippen LogP contribution in [-0.2, 0) is 17.8 Å². The molecule has 4 rings (SSSR count). The Balaban J connectivity index is 1.78. The molecule has 0 aliphatic carbocycles. The lowest BCUT2D eigenvalue weighted by Crippen LogP contribution is -2.23. The molecule has 29 heavy (non-hydrogen) atoms. The van der Waals surface area contributed by atoms with Gasteiger partial charge in [0.15, 0.2) is 5.82 Å². The number of anilines is 1. The van der Waals surface area contributed by atoms with Crippen LogP contribution in [0.15, 0.2) is 47.3 Å². The molecule has 0 bridgehead atoms. The number of aryl methyl sites for hydroxylation is 1. The fourth-order valence-corrected chi connectivity index (χ4v) is 3.55. The van der Waals surface area contributed by atoms with Crippen molar-refractivity contribution in [3.8, 4) is 0 Å². The van der Waals surface area contributed by atoms with Gasteiger partial charge in [0.1, 0.15) is 0 Å². The Hall–Kier alpha value is -3.68. The number of rotatable bonds is 5. The van der Waals surface area contributed by atoms with Gasteiger partial charge < -0.3 is 10.1 Å². The molecule has 2 heterocycles. The number of para-hydroxylation sites is 1. The first-order chi connectivity index (χ1) is 14.1.